The van der Waals surface area contributed by atoms with E-state index in [0.717, 1.165) is 18.9 Å². The molecule has 1 aliphatic rings. The van der Waals surface area contributed by atoms with Crippen LogP contribution in [0.25, 0.3) is 10.8 Å². The van der Waals surface area contributed by atoms with E-state index in [2.05, 4.69) is 0 Å². The Morgan fingerprint density at radius 3 is 2.73 bits per heavy atom. The predicted molar refractivity (Wildman–Crippen MR) is 78.8 cm³/mol. The number of fused-ring (bicyclic) bond motifs is 1. The second-order valence-electron chi connectivity index (χ2n) is 5.47. The highest BCUT2D eigenvalue weighted by Gasteiger charge is 2.33. The third-order valence-corrected chi connectivity index (χ3v) is 3.83. The number of aryl methyl sites for hydroxylation is 1. The fourth-order valence-electron chi connectivity index (χ4n) is 2.77. The van der Waals surface area contributed by atoms with Crippen LogP contribution in [0.1, 0.15) is 41.9 Å². The zero-order valence-electron chi connectivity index (χ0n) is 12.4. The molecule has 3 rings (SSSR count). The van der Waals surface area contributed by atoms with Gasteiger partial charge in [0.15, 0.2) is 11.4 Å². The third kappa shape index (κ3) is 2.15. The molecule has 2 aromatic rings. The molecule has 5 nitrogen and oxygen atoms in total. The number of pyridine rings is 1. The minimum atomic E-state index is -0.741. The van der Waals surface area contributed by atoms with Crippen molar-refractivity contribution >= 4 is 16.7 Å². The molecule has 0 unspecified atom stereocenters. The van der Waals surface area contributed by atoms with Gasteiger partial charge in [-0.25, -0.2) is 9.18 Å². The number of hydrogen-bond acceptors (Lipinski definition) is 4. The number of rotatable bonds is 3. The number of carbonyl (C=O) groups excluding carboxylic acids is 1. The van der Waals surface area contributed by atoms with Gasteiger partial charge in [0.1, 0.15) is 5.82 Å². The molecule has 1 heterocycles. The Hall–Kier alpha value is -2.37. The van der Waals surface area contributed by atoms with Crippen molar-refractivity contribution < 1.29 is 19.0 Å². The first-order valence-corrected chi connectivity index (χ1v) is 7.20. The molecule has 0 amide bonds. The van der Waals surface area contributed by atoms with E-state index in [9.17, 15) is 19.1 Å². The van der Waals surface area contributed by atoms with Crippen LogP contribution in [0.4, 0.5) is 4.39 Å². The number of nitrogens with zero attached hydrogens (tertiary/aromatic N) is 1. The van der Waals surface area contributed by atoms with Crippen molar-refractivity contribution in [3.05, 3.63) is 39.6 Å². The second kappa shape index (κ2) is 5.12. The zero-order valence-corrected chi connectivity index (χ0v) is 12.4. The van der Waals surface area contributed by atoms with Gasteiger partial charge in [-0.3, -0.25) is 9.36 Å². The molecular formula is C16H16FNO4. The van der Waals surface area contributed by atoms with Crippen LogP contribution in [0.15, 0.2) is 16.9 Å². The van der Waals surface area contributed by atoms with E-state index in [1.165, 1.54) is 10.6 Å². The first-order chi connectivity index (χ1) is 10.5. The molecule has 0 radical (unpaired) electrons. The lowest BCUT2D eigenvalue weighted by Crippen LogP contribution is -2.27. The molecule has 0 atom stereocenters. The number of aromatic nitrogens is 1. The number of hydrogen-bond donors (Lipinski definition) is 1. The van der Waals surface area contributed by atoms with Gasteiger partial charge in [0.05, 0.1) is 12.0 Å². The largest absolute Gasteiger partial charge is 0.505 e. The molecule has 0 aliphatic heterocycles. The van der Waals surface area contributed by atoms with Crippen molar-refractivity contribution in [2.24, 2.45) is 0 Å². The number of carbonyl (C=O) groups is 1. The van der Waals surface area contributed by atoms with Gasteiger partial charge in [-0.1, -0.05) is 0 Å². The second-order valence-corrected chi connectivity index (χ2v) is 5.47. The van der Waals surface area contributed by atoms with Crippen LogP contribution in [-0.2, 0) is 4.74 Å². The van der Waals surface area contributed by atoms with E-state index < -0.39 is 17.3 Å². The summed E-state index contributed by atoms with van der Waals surface area (Å²) in [6.45, 7) is 3.37. The Kier molecular flexibility index (Phi) is 3.39. The van der Waals surface area contributed by atoms with Crippen LogP contribution in [-0.4, -0.2) is 22.2 Å². The highest BCUT2D eigenvalue weighted by Crippen LogP contribution is 2.39. The highest BCUT2D eigenvalue weighted by molar-refractivity contribution is 6.00. The molecule has 6 heteroatoms. The molecule has 22 heavy (non-hydrogen) atoms. The molecule has 1 fully saturated rings. The normalized spacial score (nSPS) is 14.3. The van der Waals surface area contributed by atoms with E-state index >= 15 is 0 Å². The lowest BCUT2D eigenvalue weighted by molar-refractivity contribution is 0.0508. The Balaban J connectivity index is 2.43. The highest BCUT2D eigenvalue weighted by atomic mass is 19.1. The predicted octanol–water partition coefficient (Wildman–Crippen LogP) is 2.67. The van der Waals surface area contributed by atoms with Crippen molar-refractivity contribution in [1.29, 1.82) is 0 Å². The molecule has 0 spiro atoms. The summed E-state index contributed by atoms with van der Waals surface area (Å²) in [4.78, 5) is 24.9. The topological polar surface area (TPSA) is 68.5 Å². The van der Waals surface area contributed by atoms with Gasteiger partial charge in [0.25, 0.3) is 5.56 Å². The molecule has 0 bridgehead atoms. The molecule has 116 valence electrons. The number of benzene rings is 1. The molecule has 1 aliphatic carbocycles. The first kappa shape index (κ1) is 14.6. The van der Waals surface area contributed by atoms with Crippen molar-refractivity contribution in [2.75, 3.05) is 6.61 Å². The van der Waals surface area contributed by atoms with Gasteiger partial charge in [0, 0.05) is 11.4 Å². The zero-order chi connectivity index (χ0) is 16.0. The summed E-state index contributed by atoms with van der Waals surface area (Å²) in [5.41, 5.74) is -0.212. The summed E-state index contributed by atoms with van der Waals surface area (Å²) in [5.74, 6) is -1.61. The third-order valence-electron chi connectivity index (χ3n) is 3.83. The summed E-state index contributed by atoms with van der Waals surface area (Å²) in [7, 11) is 0. The van der Waals surface area contributed by atoms with E-state index in [1.807, 2.05) is 0 Å². The van der Waals surface area contributed by atoms with Crippen molar-refractivity contribution in [3.8, 4) is 5.75 Å². The first-order valence-electron chi connectivity index (χ1n) is 7.20. The molecule has 1 saturated carbocycles. The lowest BCUT2D eigenvalue weighted by Gasteiger charge is -2.16. The summed E-state index contributed by atoms with van der Waals surface area (Å²) in [6, 6.07) is 2.17. The van der Waals surface area contributed by atoms with Gasteiger partial charge in [-0.15, -0.1) is 0 Å². The van der Waals surface area contributed by atoms with Gasteiger partial charge >= 0.3 is 5.97 Å². The maximum atomic E-state index is 13.6. The Labute approximate surface area is 125 Å². The SMILES string of the molecule is CCOC(=O)c1c(O)c2c(C)cc(F)cc2c(=O)n1C1CC1. The van der Waals surface area contributed by atoms with Crippen LogP contribution in [0.3, 0.4) is 0 Å². The summed E-state index contributed by atoms with van der Waals surface area (Å²) < 4.78 is 19.8. The molecule has 1 N–H and O–H groups in total. The Morgan fingerprint density at radius 2 is 2.14 bits per heavy atom. The van der Waals surface area contributed by atoms with Crippen LogP contribution < -0.4 is 5.56 Å². The van der Waals surface area contributed by atoms with Crippen LogP contribution in [0.5, 0.6) is 5.75 Å². The lowest BCUT2D eigenvalue weighted by atomic mass is 10.0. The van der Waals surface area contributed by atoms with E-state index in [4.69, 9.17) is 4.74 Å². The Bertz CT molecular complexity index is 836. The van der Waals surface area contributed by atoms with Crippen molar-refractivity contribution in [2.45, 2.75) is 32.7 Å². The fraction of sp³-hybridized carbons (Fsp3) is 0.375. The molecule has 1 aromatic carbocycles. The van der Waals surface area contributed by atoms with Gasteiger partial charge in [-0.05, 0) is 44.4 Å². The average molecular weight is 305 g/mol. The van der Waals surface area contributed by atoms with Crippen molar-refractivity contribution in [1.82, 2.24) is 4.57 Å². The summed E-state index contributed by atoms with van der Waals surface area (Å²) in [6.07, 6.45) is 1.48. The monoisotopic (exact) mass is 305 g/mol. The number of aromatic hydroxyl groups is 1. The smallest absolute Gasteiger partial charge is 0.358 e. The van der Waals surface area contributed by atoms with Crippen LogP contribution in [0.2, 0.25) is 0 Å². The van der Waals surface area contributed by atoms with Gasteiger partial charge in [0.2, 0.25) is 0 Å². The van der Waals surface area contributed by atoms with E-state index in [0.29, 0.717) is 5.56 Å². The minimum absolute atomic E-state index is 0.0787. The van der Waals surface area contributed by atoms with Gasteiger partial charge in [-0.2, -0.15) is 0 Å². The van der Waals surface area contributed by atoms with E-state index in [-0.39, 0.29) is 34.9 Å². The van der Waals surface area contributed by atoms with Crippen LogP contribution in [0, 0.1) is 12.7 Å². The number of ether oxygens (including phenoxy) is 1. The maximum absolute atomic E-state index is 13.6. The molecular weight excluding hydrogens is 289 g/mol. The Morgan fingerprint density at radius 1 is 1.45 bits per heavy atom. The minimum Gasteiger partial charge on any atom is -0.505 e. The number of halogens is 1. The quantitative estimate of drug-likeness (QED) is 0.885. The molecule has 0 saturated heterocycles. The summed E-state index contributed by atoms with van der Waals surface area (Å²) in [5, 5.41) is 10.8. The molecule has 1 aromatic heterocycles. The van der Waals surface area contributed by atoms with Crippen molar-refractivity contribution in [3.63, 3.8) is 0 Å². The maximum Gasteiger partial charge on any atom is 0.358 e. The van der Waals surface area contributed by atoms with Gasteiger partial charge < -0.3 is 9.84 Å². The summed E-state index contributed by atoms with van der Waals surface area (Å²) >= 11 is 0. The van der Waals surface area contributed by atoms with E-state index in [1.54, 1.807) is 13.8 Å². The average Bonchev–Trinajstić information content (AvgIpc) is 3.26. The van der Waals surface area contributed by atoms with Crippen LogP contribution >= 0.6 is 0 Å². The number of esters is 1. The standard InChI is InChI=1S/C16H16FNO4/c1-3-22-16(21)13-14(19)12-8(2)6-9(17)7-11(12)15(20)18(13)10-4-5-10/h6-7,10,19H,3-5H2,1-2H3. The fourth-order valence-corrected chi connectivity index (χ4v) is 2.77.